The van der Waals surface area contributed by atoms with Crippen LogP contribution in [-0.2, 0) is 16.0 Å². The smallest absolute Gasteiger partial charge is 0.293 e. The van der Waals surface area contributed by atoms with Gasteiger partial charge in [-0.05, 0) is 66.1 Å². The Morgan fingerprint density at radius 3 is 2.51 bits per heavy atom. The first-order chi connectivity index (χ1) is 21.6. The zero-order valence-electron chi connectivity index (χ0n) is 24.8. The third kappa shape index (κ3) is 6.66. The SMILES string of the molecule is O=C(C1CCO1)N1CCC(c2cccc([C@H](Cc3ccccc3)c3ccc(-c4cc(Cl)ccc4-[n+]4cnn[nH]4)cn3)c2)CC1.[OH-]. The molecule has 0 bridgehead atoms. The molecule has 2 saturated heterocycles. The predicted octanol–water partition coefficient (Wildman–Crippen LogP) is 5.49. The highest BCUT2D eigenvalue weighted by Crippen LogP contribution is 2.35. The summed E-state index contributed by atoms with van der Waals surface area (Å²) < 4.78 is 7.19. The summed E-state index contributed by atoms with van der Waals surface area (Å²) in [6.07, 6.45) is 6.94. The first kappa shape index (κ1) is 30.6. The van der Waals surface area contributed by atoms with Crippen LogP contribution in [0.2, 0.25) is 5.02 Å². The second-order valence-corrected chi connectivity index (χ2v) is 12.0. The van der Waals surface area contributed by atoms with Gasteiger partial charge in [0.25, 0.3) is 12.2 Å². The normalized spacial score (nSPS) is 17.3. The van der Waals surface area contributed by atoms with Gasteiger partial charge in [-0.25, -0.2) is 0 Å². The molecule has 2 aromatic heterocycles. The molecule has 0 aliphatic carbocycles. The van der Waals surface area contributed by atoms with Crippen molar-refractivity contribution in [2.45, 2.75) is 43.6 Å². The van der Waals surface area contributed by atoms with Crippen LogP contribution < -0.4 is 4.68 Å². The second kappa shape index (κ2) is 13.7. The Morgan fingerprint density at radius 1 is 1.00 bits per heavy atom. The molecule has 3 aromatic carbocycles. The summed E-state index contributed by atoms with van der Waals surface area (Å²) in [4.78, 5) is 19.7. The van der Waals surface area contributed by atoms with Crippen LogP contribution in [0, 0.1) is 0 Å². The Bertz CT molecular complexity index is 1720. The van der Waals surface area contributed by atoms with Crippen LogP contribution in [0.4, 0.5) is 0 Å². The highest BCUT2D eigenvalue weighted by atomic mass is 35.5. The second-order valence-electron chi connectivity index (χ2n) is 11.6. The van der Waals surface area contributed by atoms with Gasteiger partial charge in [0.1, 0.15) is 16.9 Å². The summed E-state index contributed by atoms with van der Waals surface area (Å²) >= 11 is 6.41. The fourth-order valence-corrected chi connectivity index (χ4v) is 6.53. The largest absolute Gasteiger partial charge is 0.870 e. The number of nitrogens with zero attached hydrogens (tertiary/aromatic N) is 5. The topological polar surface area (TPSA) is 118 Å². The number of pyridine rings is 1. The van der Waals surface area contributed by atoms with Crippen molar-refractivity contribution in [3.05, 3.63) is 125 Å². The molecule has 45 heavy (non-hydrogen) atoms. The van der Waals surface area contributed by atoms with Crippen LogP contribution in [0.25, 0.3) is 16.8 Å². The van der Waals surface area contributed by atoms with Crippen molar-refractivity contribution in [1.82, 2.24) is 25.4 Å². The molecule has 10 heteroatoms. The lowest BCUT2D eigenvalue weighted by atomic mass is 9.84. The average molecular weight is 623 g/mol. The molecule has 1 amide bonds. The molecule has 7 rings (SSSR count). The number of likely N-dealkylation sites (tertiary alicyclic amines) is 1. The van der Waals surface area contributed by atoms with Crippen LogP contribution in [0.3, 0.4) is 0 Å². The van der Waals surface area contributed by atoms with E-state index in [1.807, 2.05) is 29.3 Å². The summed E-state index contributed by atoms with van der Waals surface area (Å²) in [6.45, 7) is 2.26. The van der Waals surface area contributed by atoms with E-state index in [0.717, 1.165) is 61.3 Å². The predicted molar refractivity (Wildman–Crippen MR) is 169 cm³/mol. The van der Waals surface area contributed by atoms with E-state index in [4.69, 9.17) is 21.3 Å². The number of aromatic amines is 1. The van der Waals surface area contributed by atoms with Gasteiger partial charge in [0.05, 0.1) is 6.61 Å². The Hall–Kier alpha value is -4.44. The Balaban J connectivity index is 0.00000357. The lowest BCUT2D eigenvalue weighted by molar-refractivity contribution is -0.659. The Labute approximate surface area is 267 Å². The minimum absolute atomic E-state index is 0. The number of tetrazole rings is 1. The van der Waals surface area contributed by atoms with Crippen LogP contribution in [0.5, 0.6) is 0 Å². The minimum atomic E-state index is -0.223. The average Bonchev–Trinajstić information content (AvgIpc) is 3.59. The third-order valence-electron chi connectivity index (χ3n) is 8.90. The van der Waals surface area contributed by atoms with Gasteiger partial charge in [0, 0.05) is 53.5 Å². The third-order valence-corrected chi connectivity index (χ3v) is 9.13. The number of piperidine rings is 1. The van der Waals surface area contributed by atoms with E-state index in [2.05, 4.69) is 82.3 Å². The summed E-state index contributed by atoms with van der Waals surface area (Å²) in [6, 6.07) is 29.5. The standard InChI is InChI=1S/C35H33ClN6O2.H2O/c36-29-10-12-33(42-23-38-39-40-42)31(21-29)28-9-11-32(37-22-28)30(19-24-5-2-1-3-6-24)27-8-4-7-26(20-27)25-13-16-41(17-14-25)35(43)34-15-18-44-34;/h1-12,20-23,25,30,34H,13-19H2;1H2/t30-,34?;/m0./s1. The van der Waals surface area contributed by atoms with E-state index in [9.17, 15) is 4.79 Å². The number of rotatable bonds is 8. The van der Waals surface area contributed by atoms with Gasteiger partial charge in [-0.1, -0.05) is 77.5 Å². The molecule has 230 valence electrons. The lowest BCUT2D eigenvalue weighted by Crippen LogP contribution is -2.48. The van der Waals surface area contributed by atoms with Crippen molar-refractivity contribution in [1.29, 1.82) is 0 Å². The van der Waals surface area contributed by atoms with Crippen LogP contribution in [0.1, 0.15) is 53.5 Å². The molecular formula is C35H35ClN6O3. The molecule has 9 nitrogen and oxygen atoms in total. The minimum Gasteiger partial charge on any atom is -0.870 e. The summed E-state index contributed by atoms with van der Waals surface area (Å²) in [5.74, 6) is 0.657. The zero-order chi connectivity index (χ0) is 29.9. The van der Waals surface area contributed by atoms with Gasteiger partial charge in [0.15, 0.2) is 5.21 Å². The zero-order valence-corrected chi connectivity index (χ0v) is 25.6. The monoisotopic (exact) mass is 622 g/mol. The molecule has 2 atom stereocenters. The number of halogens is 1. The summed E-state index contributed by atoms with van der Waals surface area (Å²) in [5, 5.41) is 11.3. The van der Waals surface area contributed by atoms with Gasteiger partial charge in [-0.3, -0.25) is 9.78 Å². The first-order valence-corrected chi connectivity index (χ1v) is 15.6. The molecule has 2 aliphatic heterocycles. The van der Waals surface area contributed by atoms with E-state index in [1.54, 1.807) is 11.0 Å². The molecule has 4 heterocycles. The summed E-state index contributed by atoms with van der Waals surface area (Å²) in [7, 11) is 0. The quantitative estimate of drug-likeness (QED) is 0.229. The van der Waals surface area contributed by atoms with Crippen molar-refractivity contribution in [2.75, 3.05) is 19.7 Å². The fourth-order valence-electron chi connectivity index (χ4n) is 6.35. The number of hydrogen-bond donors (Lipinski definition) is 1. The maximum Gasteiger partial charge on any atom is 0.293 e. The van der Waals surface area contributed by atoms with Crippen molar-refractivity contribution in [2.24, 2.45) is 0 Å². The fraction of sp³-hybridized carbons (Fsp3) is 0.286. The number of hydrogen-bond acceptors (Lipinski definition) is 6. The highest BCUT2D eigenvalue weighted by Gasteiger charge is 2.33. The van der Waals surface area contributed by atoms with E-state index in [1.165, 1.54) is 16.7 Å². The molecule has 5 aromatic rings. The number of carbonyl (C=O) groups excluding carboxylic acids is 1. The number of nitrogens with one attached hydrogen (secondary N) is 1. The Morgan fingerprint density at radius 2 is 1.82 bits per heavy atom. The maximum absolute atomic E-state index is 12.7. The summed E-state index contributed by atoms with van der Waals surface area (Å²) in [5.41, 5.74) is 7.62. The van der Waals surface area contributed by atoms with Crippen molar-refractivity contribution in [3.63, 3.8) is 0 Å². The Kier molecular flexibility index (Phi) is 9.30. The van der Waals surface area contributed by atoms with E-state index in [0.29, 0.717) is 17.5 Å². The van der Waals surface area contributed by atoms with Gasteiger partial charge < -0.3 is 15.1 Å². The van der Waals surface area contributed by atoms with Crippen LogP contribution in [-0.4, -0.2) is 62.6 Å². The molecule has 1 unspecified atom stereocenters. The lowest BCUT2D eigenvalue weighted by Gasteiger charge is -2.36. The van der Waals surface area contributed by atoms with Gasteiger partial charge in [0.2, 0.25) is 0 Å². The van der Waals surface area contributed by atoms with Gasteiger partial charge in [-0.15, -0.1) is 4.68 Å². The molecule has 2 aliphatic rings. The molecule has 2 fully saturated rings. The van der Waals surface area contributed by atoms with Gasteiger partial charge in [-0.2, -0.15) is 0 Å². The van der Waals surface area contributed by atoms with Crippen molar-refractivity contribution >= 4 is 17.5 Å². The molecular weight excluding hydrogens is 588 g/mol. The molecule has 0 spiro atoms. The van der Waals surface area contributed by atoms with Crippen molar-refractivity contribution in [3.8, 4) is 16.8 Å². The molecule has 0 radical (unpaired) electrons. The molecule has 2 N–H and O–H groups in total. The van der Waals surface area contributed by atoms with Crippen LogP contribution in [0.15, 0.2) is 97.5 Å². The molecule has 0 saturated carbocycles. The van der Waals surface area contributed by atoms with E-state index >= 15 is 0 Å². The number of amides is 1. The maximum atomic E-state index is 12.7. The van der Waals surface area contributed by atoms with E-state index in [-0.39, 0.29) is 23.4 Å². The number of H-pyrrole nitrogens is 1. The van der Waals surface area contributed by atoms with Crippen molar-refractivity contribution < 1.29 is 19.7 Å². The first-order valence-electron chi connectivity index (χ1n) is 15.2. The number of benzene rings is 3. The van der Waals surface area contributed by atoms with E-state index < -0.39 is 0 Å². The highest BCUT2D eigenvalue weighted by molar-refractivity contribution is 6.31. The number of ether oxygens (including phenoxy) is 1. The van der Waals surface area contributed by atoms with Gasteiger partial charge >= 0.3 is 0 Å². The number of aromatic nitrogens is 5. The number of carbonyl (C=O) groups is 1. The van der Waals surface area contributed by atoms with Crippen LogP contribution >= 0.6 is 11.6 Å².